The second-order valence-electron chi connectivity index (χ2n) is 3.82. The maximum absolute atomic E-state index is 5.26. The normalized spacial score (nSPS) is 15.0. The van der Waals surface area contributed by atoms with Crippen molar-refractivity contribution in [2.75, 3.05) is 54.2 Å². The van der Waals surface area contributed by atoms with Gasteiger partial charge in [0.15, 0.2) is 0 Å². The van der Waals surface area contributed by atoms with E-state index in [0.29, 0.717) is 12.6 Å². The van der Waals surface area contributed by atoms with Crippen LogP contribution in [0.5, 0.6) is 0 Å². The van der Waals surface area contributed by atoms with Gasteiger partial charge in [0.25, 0.3) is 0 Å². The monoisotopic (exact) mass is 234 g/mol. The number of rotatable bonds is 11. The summed E-state index contributed by atoms with van der Waals surface area (Å²) >= 11 is 0. The molecule has 0 bridgehead atoms. The van der Waals surface area contributed by atoms with Gasteiger partial charge in [0.1, 0.15) is 0 Å². The highest BCUT2D eigenvalue weighted by molar-refractivity contribution is 4.68. The van der Waals surface area contributed by atoms with E-state index in [9.17, 15) is 0 Å². The minimum atomic E-state index is 0.117. The molecule has 0 aliphatic carbocycles. The Morgan fingerprint density at radius 2 is 1.81 bits per heavy atom. The highest BCUT2D eigenvalue weighted by Gasteiger charge is 2.08. The zero-order chi connectivity index (χ0) is 12.2. The molecule has 0 aromatic rings. The van der Waals surface area contributed by atoms with Crippen molar-refractivity contribution in [2.24, 2.45) is 0 Å². The van der Waals surface area contributed by atoms with Gasteiger partial charge in [0, 0.05) is 47.0 Å². The molecule has 0 radical (unpaired) electrons. The Morgan fingerprint density at radius 3 is 2.38 bits per heavy atom. The third-order valence-electron chi connectivity index (χ3n) is 2.31. The van der Waals surface area contributed by atoms with Crippen LogP contribution in [-0.2, 0) is 14.2 Å². The molecule has 0 aromatic carbocycles. The van der Waals surface area contributed by atoms with Gasteiger partial charge < -0.3 is 24.8 Å². The Morgan fingerprint density at radius 1 is 1.06 bits per heavy atom. The molecule has 0 saturated carbocycles. The Hall–Kier alpha value is -0.200. The van der Waals surface area contributed by atoms with Crippen molar-refractivity contribution in [1.29, 1.82) is 0 Å². The topological polar surface area (TPSA) is 51.8 Å². The minimum Gasteiger partial charge on any atom is -0.383 e. The number of nitrogens with one attached hydrogen (secondary N) is 2. The van der Waals surface area contributed by atoms with E-state index in [1.165, 1.54) is 0 Å². The second kappa shape index (κ2) is 11.3. The highest BCUT2D eigenvalue weighted by atomic mass is 16.5. The predicted octanol–water partition coefficient (Wildman–Crippen LogP) is -0.138. The lowest BCUT2D eigenvalue weighted by Gasteiger charge is -2.19. The lowest BCUT2D eigenvalue weighted by molar-refractivity contribution is 0.0276. The summed E-state index contributed by atoms with van der Waals surface area (Å²) in [6.45, 7) is 6.11. The van der Waals surface area contributed by atoms with Crippen LogP contribution in [0.3, 0.4) is 0 Å². The standard InChI is InChI=1S/C11H26N2O3/c1-10(7-12-5-6-14-2)13-8-11(16-4)9-15-3/h10-13H,5-9H2,1-4H3. The zero-order valence-corrected chi connectivity index (χ0v) is 10.9. The molecule has 0 amide bonds. The molecule has 2 atom stereocenters. The first-order valence-electron chi connectivity index (χ1n) is 5.69. The van der Waals surface area contributed by atoms with Crippen LogP contribution < -0.4 is 10.6 Å². The van der Waals surface area contributed by atoms with Crippen LogP contribution in [0.15, 0.2) is 0 Å². The fourth-order valence-corrected chi connectivity index (χ4v) is 1.29. The summed E-state index contributed by atoms with van der Waals surface area (Å²) in [5.41, 5.74) is 0. The lowest BCUT2D eigenvalue weighted by atomic mass is 10.3. The largest absolute Gasteiger partial charge is 0.383 e. The summed E-state index contributed by atoms with van der Waals surface area (Å²) in [5.74, 6) is 0. The zero-order valence-electron chi connectivity index (χ0n) is 10.9. The summed E-state index contributed by atoms with van der Waals surface area (Å²) in [4.78, 5) is 0. The number of methoxy groups -OCH3 is 3. The fraction of sp³-hybridized carbons (Fsp3) is 1.00. The predicted molar refractivity (Wildman–Crippen MR) is 64.9 cm³/mol. The van der Waals surface area contributed by atoms with Crippen molar-refractivity contribution in [3.8, 4) is 0 Å². The molecule has 5 heteroatoms. The van der Waals surface area contributed by atoms with Crippen molar-refractivity contribution in [2.45, 2.75) is 19.1 Å². The summed E-state index contributed by atoms with van der Waals surface area (Å²) in [6, 6.07) is 0.409. The van der Waals surface area contributed by atoms with Crippen molar-refractivity contribution in [1.82, 2.24) is 10.6 Å². The van der Waals surface area contributed by atoms with Crippen LogP contribution >= 0.6 is 0 Å². The van der Waals surface area contributed by atoms with Gasteiger partial charge in [0.2, 0.25) is 0 Å². The van der Waals surface area contributed by atoms with Crippen molar-refractivity contribution in [3.63, 3.8) is 0 Å². The fourth-order valence-electron chi connectivity index (χ4n) is 1.29. The molecule has 0 fully saturated rings. The summed E-state index contributed by atoms with van der Waals surface area (Å²) in [7, 11) is 5.09. The van der Waals surface area contributed by atoms with E-state index in [1.807, 2.05) is 0 Å². The second-order valence-corrected chi connectivity index (χ2v) is 3.82. The van der Waals surface area contributed by atoms with Gasteiger partial charge in [-0.05, 0) is 6.92 Å². The Balaban J connectivity index is 3.43. The van der Waals surface area contributed by atoms with Gasteiger partial charge in [-0.3, -0.25) is 0 Å². The first-order chi connectivity index (χ1) is 7.74. The van der Waals surface area contributed by atoms with Crippen molar-refractivity contribution < 1.29 is 14.2 Å². The van der Waals surface area contributed by atoms with Crippen molar-refractivity contribution >= 4 is 0 Å². The van der Waals surface area contributed by atoms with E-state index < -0.39 is 0 Å². The quantitative estimate of drug-likeness (QED) is 0.487. The maximum Gasteiger partial charge on any atom is 0.0928 e. The third-order valence-corrected chi connectivity index (χ3v) is 2.31. The van der Waals surface area contributed by atoms with Crippen LogP contribution in [0.2, 0.25) is 0 Å². The Bertz CT molecular complexity index is 147. The van der Waals surface area contributed by atoms with Crippen LogP contribution in [0, 0.1) is 0 Å². The first-order valence-corrected chi connectivity index (χ1v) is 5.69. The molecule has 0 aliphatic heterocycles. The van der Waals surface area contributed by atoms with E-state index in [4.69, 9.17) is 14.2 Å². The van der Waals surface area contributed by atoms with Crippen LogP contribution in [0.25, 0.3) is 0 Å². The van der Waals surface area contributed by atoms with Gasteiger partial charge in [-0.1, -0.05) is 0 Å². The van der Waals surface area contributed by atoms with E-state index in [1.54, 1.807) is 21.3 Å². The van der Waals surface area contributed by atoms with Crippen LogP contribution in [0.4, 0.5) is 0 Å². The van der Waals surface area contributed by atoms with Gasteiger partial charge in [-0.15, -0.1) is 0 Å². The maximum atomic E-state index is 5.26. The average Bonchev–Trinajstić information content (AvgIpc) is 2.30. The molecule has 0 aromatic heterocycles. The molecule has 0 spiro atoms. The molecule has 0 rings (SSSR count). The summed E-state index contributed by atoms with van der Waals surface area (Å²) in [6.07, 6.45) is 0.117. The average molecular weight is 234 g/mol. The van der Waals surface area contributed by atoms with E-state index in [-0.39, 0.29) is 6.10 Å². The van der Waals surface area contributed by atoms with Gasteiger partial charge in [0.05, 0.1) is 19.3 Å². The molecular formula is C11H26N2O3. The molecule has 5 nitrogen and oxygen atoms in total. The molecular weight excluding hydrogens is 208 g/mol. The Labute approximate surface area is 98.8 Å². The number of ether oxygens (including phenoxy) is 3. The van der Waals surface area contributed by atoms with Gasteiger partial charge in [-0.2, -0.15) is 0 Å². The molecule has 0 saturated heterocycles. The molecule has 2 N–H and O–H groups in total. The molecule has 98 valence electrons. The summed E-state index contributed by atoms with van der Waals surface area (Å²) < 4.78 is 15.3. The number of hydrogen-bond acceptors (Lipinski definition) is 5. The molecule has 0 aliphatic rings. The Kier molecular flexibility index (Phi) is 11.1. The van der Waals surface area contributed by atoms with Crippen molar-refractivity contribution in [3.05, 3.63) is 0 Å². The molecule has 16 heavy (non-hydrogen) atoms. The minimum absolute atomic E-state index is 0.117. The SMILES string of the molecule is COCCNCC(C)NCC(COC)OC. The lowest BCUT2D eigenvalue weighted by Crippen LogP contribution is -2.42. The third kappa shape index (κ3) is 9.06. The van der Waals surface area contributed by atoms with Gasteiger partial charge >= 0.3 is 0 Å². The molecule has 0 heterocycles. The molecule has 2 unspecified atom stereocenters. The smallest absolute Gasteiger partial charge is 0.0928 e. The van der Waals surface area contributed by atoms with Crippen LogP contribution in [-0.4, -0.2) is 66.3 Å². The van der Waals surface area contributed by atoms with E-state index >= 15 is 0 Å². The number of hydrogen-bond donors (Lipinski definition) is 2. The van der Waals surface area contributed by atoms with E-state index in [2.05, 4.69) is 17.6 Å². The van der Waals surface area contributed by atoms with Crippen LogP contribution in [0.1, 0.15) is 6.92 Å². The summed E-state index contributed by atoms with van der Waals surface area (Å²) in [5, 5.41) is 6.69. The highest BCUT2D eigenvalue weighted by Crippen LogP contribution is 1.90. The van der Waals surface area contributed by atoms with E-state index in [0.717, 1.165) is 26.2 Å². The first kappa shape index (κ1) is 15.8. The van der Waals surface area contributed by atoms with Gasteiger partial charge in [-0.25, -0.2) is 0 Å².